The molecule has 1 saturated heterocycles. The van der Waals surface area contributed by atoms with Gasteiger partial charge in [0.1, 0.15) is 0 Å². The van der Waals surface area contributed by atoms with Crippen molar-refractivity contribution in [1.82, 2.24) is 5.32 Å². The molecule has 1 fully saturated rings. The van der Waals surface area contributed by atoms with Crippen LogP contribution in [0.5, 0.6) is 0 Å². The Morgan fingerprint density at radius 3 is 2.45 bits per heavy atom. The average molecular weight is 179 g/mol. The molecule has 2 atom stereocenters. The fourth-order valence-corrected chi connectivity index (χ4v) is 3.25. The number of hydrogen-bond acceptors (Lipinski definition) is 4. The van der Waals surface area contributed by atoms with Gasteiger partial charge < -0.3 is 10.1 Å². The lowest BCUT2D eigenvalue weighted by Gasteiger charge is -2.14. The first kappa shape index (κ1) is 8.96. The molecular formula is C6H13NO3S. The van der Waals surface area contributed by atoms with Crippen molar-refractivity contribution in [3.05, 3.63) is 0 Å². The van der Waals surface area contributed by atoms with E-state index in [0.29, 0.717) is 0 Å². The van der Waals surface area contributed by atoms with E-state index >= 15 is 0 Å². The van der Waals surface area contributed by atoms with E-state index in [1.807, 2.05) is 0 Å². The Bertz CT molecular complexity index is 206. The molecule has 0 saturated carbocycles. The lowest BCUT2D eigenvalue weighted by Crippen LogP contribution is -2.37. The Balaban J connectivity index is 2.70. The largest absolute Gasteiger partial charge is 0.379 e. The molecule has 0 amide bonds. The van der Waals surface area contributed by atoms with Gasteiger partial charge in [-0.1, -0.05) is 0 Å². The Kier molecular flexibility index (Phi) is 2.51. The molecule has 2 unspecified atom stereocenters. The highest BCUT2D eigenvalue weighted by molar-refractivity contribution is 7.91. The molecule has 0 aromatic rings. The van der Waals surface area contributed by atoms with Crippen molar-refractivity contribution in [2.75, 3.05) is 25.7 Å². The predicted octanol–water partition coefficient (Wildman–Crippen LogP) is -0.982. The maximum absolute atomic E-state index is 11.0. The first-order valence-electron chi connectivity index (χ1n) is 3.49. The van der Waals surface area contributed by atoms with Gasteiger partial charge in [0.15, 0.2) is 9.84 Å². The summed E-state index contributed by atoms with van der Waals surface area (Å²) < 4.78 is 27.1. The minimum Gasteiger partial charge on any atom is -0.379 e. The highest BCUT2D eigenvalue weighted by Crippen LogP contribution is 2.14. The number of methoxy groups -OCH3 is 1. The summed E-state index contributed by atoms with van der Waals surface area (Å²) in [6.07, 6.45) is -0.176. The van der Waals surface area contributed by atoms with E-state index in [0.717, 1.165) is 0 Å². The first-order valence-corrected chi connectivity index (χ1v) is 5.31. The van der Waals surface area contributed by atoms with Crippen LogP contribution in [0.2, 0.25) is 0 Å². The number of hydrogen-bond donors (Lipinski definition) is 1. The summed E-state index contributed by atoms with van der Waals surface area (Å²) in [6, 6.07) is -0.0370. The van der Waals surface area contributed by atoms with Crippen molar-refractivity contribution in [1.29, 1.82) is 0 Å². The van der Waals surface area contributed by atoms with Crippen LogP contribution in [0.1, 0.15) is 0 Å². The topological polar surface area (TPSA) is 55.4 Å². The molecule has 1 N–H and O–H groups in total. The molecule has 1 heterocycles. The normalized spacial score (nSPS) is 35.8. The Hall–Kier alpha value is -0.130. The lowest BCUT2D eigenvalue weighted by atomic mass is 10.2. The van der Waals surface area contributed by atoms with Crippen LogP contribution >= 0.6 is 0 Å². The van der Waals surface area contributed by atoms with Crippen LogP contribution in [0.3, 0.4) is 0 Å². The highest BCUT2D eigenvalue weighted by Gasteiger charge is 2.36. The Morgan fingerprint density at radius 2 is 2.09 bits per heavy atom. The minimum absolute atomic E-state index is 0.0370. The van der Waals surface area contributed by atoms with Gasteiger partial charge in [-0.25, -0.2) is 8.42 Å². The molecule has 4 nitrogen and oxygen atoms in total. The van der Waals surface area contributed by atoms with E-state index in [2.05, 4.69) is 5.32 Å². The van der Waals surface area contributed by atoms with Crippen LogP contribution in [0.15, 0.2) is 0 Å². The summed E-state index contributed by atoms with van der Waals surface area (Å²) in [7, 11) is 0.429. The van der Waals surface area contributed by atoms with Crippen LogP contribution < -0.4 is 5.32 Å². The zero-order chi connectivity index (χ0) is 8.48. The van der Waals surface area contributed by atoms with Crippen molar-refractivity contribution in [2.24, 2.45) is 0 Å². The SMILES string of the molecule is CNC1CS(=O)(=O)CC1OC. The molecule has 1 aliphatic rings. The van der Waals surface area contributed by atoms with Gasteiger partial charge in [0.2, 0.25) is 0 Å². The van der Waals surface area contributed by atoms with Crippen LogP contribution in [0, 0.1) is 0 Å². The maximum Gasteiger partial charge on any atom is 0.154 e. The van der Waals surface area contributed by atoms with Crippen LogP contribution in [0.4, 0.5) is 0 Å². The second-order valence-electron chi connectivity index (χ2n) is 2.75. The van der Waals surface area contributed by atoms with E-state index in [-0.39, 0.29) is 23.7 Å². The fraction of sp³-hybridized carbons (Fsp3) is 1.00. The summed E-state index contributed by atoms with van der Waals surface area (Å²) >= 11 is 0. The summed E-state index contributed by atoms with van der Waals surface area (Å²) in [5.41, 5.74) is 0. The molecule has 0 spiro atoms. The summed E-state index contributed by atoms with van der Waals surface area (Å²) in [5, 5.41) is 2.92. The van der Waals surface area contributed by atoms with Gasteiger partial charge in [-0.2, -0.15) is 0 Å². The molecule has 0 radical (unpaired) electrons. The molecular weight excluding hydrogens is 166 g/mol. The van der Waals surface area contributed by atoms with E-state index in [4.69, 9.17) is 4.74 Å². The number of ether oxygens (including phenoxy) is 1. The molecule has 0 aromatic carbocycles. The third-order valence-electron chi connectivity index (χ3n) is 1.97. The standard InChI is InChI=1S/C6H13NO3S/c1-7-5-3-11(8,9)4-6(5)10-2/h5-7H,3-4H2,1-2H3. The van der Waals surface area contributed by atoms with Crippen molar-refractivity contribution in [3.8, 4) is 0 Å². The van der Waals surface area contributed by atoms with Crippen LogP contribution in [0.25, 0.3) is 0 Å². The summed E-state index contributed by atoms with van der Waals surface area (Å²) in [4.78, 5) is 0. The molecule has 0 aromatic heterocycles. The monoisotopic (exact) mass is 179 g/mol. The predicted molar refractivity (Wildman–Crippen MR) is 42.3 cm³/mol. The summed E-state index contributed by atoms with van der Waals surface area (Å²) in [5.74, 6) is 0.344. The zero-order valence-electron chi connectivity index (χ0n) is 6.70. The van der Waals surface area contributed by atoms with E-state index in [1.54, 1.807) is 7.05 Å². The smallest absolute Gasteiger partial charge is 0.154 e. The third-order valence-corrected chi connectivity index (χ3v) is 3.68. The van der Waals surface area contributed by atoms with Crippen LogP contribution in [-0.2, 0) is 14.6 Å². The third kappa shape index (κ3) is 1.91. The molecule has 0 bridgehead atoms. The molecule has 0 aliphatic carbocycles. The van der Waals surface area contributed by atoms with Gasteiger partial charge in [-0.15, -0.1) is 0 Å². The van der Waals surface area contributed by atoms with Crippen LogP contribution in [-0.4, -0.2) is 46.2 Å². The van der Waals surface area contributed by atoms with E-state index in [1.165, 1.54) is 7.11 Å². The Morgan fingerprint density at radius 1 is 1.45 bits per heavy atom. The van der Waals surface area contributed by atoms with Crippen molar-refractivity contribution >= 4 is 9.84 Å². The Labute approximate surface area is 66.8 Å². The second kappa shape index (κ2) is 3.08. The zero-order valence-corrected chi connectivity index (χ0v) is 7.52. The van der Waals surface area contributed by atoms with Gasteiger partial charge in [-0.3, -0.25) is 0 Å². The highest BCUT2D eigenvalue weighted by atomic mass is 32.2. The fourth-order valence-electron chi connectivity index (χ4n) is 1.32. The van der Waals surface area contributed by atoms with Gasteiger partial charge in [0.25, 0.3) is 0 Å². The van der Waals surface area contributed by atoms with Gasteiger partial charge in [0, 0.05) is 13.2 Å². The van der Waals surface area contributed by atoms with Gasteiger partial charge in [-0.05, 0) is 7.05 Å². The molecule has 1 rings (SSSR count). The molecule has 1 aliphatic heterocycles. The number of likely N-dealkylation sites (N-methyl/N-ethyl adjacent to an activating group) is 1. The van der Waals surface area contributed by atoms with Crippen molar-refractivity contribution in [2.45, 2.75) is 12.1 Å². The molecule has 5 heteroatoms. The number of sulfone groups is 1. The molecule has 66 valence electrons. The second-order valence-corrected chi connectivity index (χ2v) is 4.90. The van der Waals surface area contributed by atoms with Crippen molar-refractivity contribution < 1.29 is 13.2 Å². The van der Waals surface area contributed by atoms with E-state index in [9.17, 15) is 8.42 Å². The summed E-state index contributed by atoms with van der Waals surface area (Å²) in [6.45, 7) is 0. The number of rotatable bonds is 2. The number of nitrogens with one attached hydrogen (secondary N) is 1. The van der Waals surface area contributed by atoms with Crippen molar-refractivity contribution in [3.63, 3.8) is 0 Å². The van der Waals surface area contributed by atoms with Gasteiger partial charge >= 0.3 is 0 Å². The van der Waals surface area contributed by atoms with Gasteiger partial charge in [0.05, 0.1) is 17.6 Å². The molecule has 11 heavy (non-hydrogen) atoms. The first-order chi connectivity index (χ1) is 5.09. The quantitative estimate of drug-likeness (QED) is 0.592. The average Bonchev–Trinajstić information content (AvgIpc) is 2.25. The maximum atomic E-state index is 11.0. The minimum atomic E-state index is -2.86. The lowest BCUT2D eigenvalue weighted by molar-refractivity contribution is 0.102. The van der Waals surface area contributed by atoms with E-state index < -0.39 is 9.84 Å².